The van der Waals surface area contributed by atoms with Crippen molar-refractivity contribution >= 4 is 28.4 Å². The molecule has 0 heterocycles. The Hall–Kier alpha value is -3.07. The third-order valence-corrected chi connectivity index (χ3v) is 4.96. The van der Waals surface area contributed by atoms with Gasteiger partial charge in [0, 0.05) is 0 Å². The third-order valence-electron chi connectivity index (χ3n) is 4.96. The van der Waals surface area contributed by atoms with Crippen LogP contribution in [0.5, 0.6) is 5.75 Å². The van der Waals surface area contributed by atoms with Crippen LogP contribution in [-0.2, 0) is 4.74 Å². The second-order valence-electron chi connectivity index (χ2n) is 6.72. The van der Waals surface area contributed by atoms with Gasteiger partial charge >= 0.3 is 5.97 Å². The van der Waals surface area contributed by atoms with Crippen LogP contribution in [0.1, 0.15) is 39.5 Å². The average Bonchev–Trinajstić information content (AvgIpc) is 2.70. The van der Waals surface area contributed by atoms with Gasteiger partial charge in [0.15, 0.2) is 0 Å². The minimum Gasteiger partial charge on any atom is -0.496 e. The number of allylic oxidation sites excluding steroid dienone is 1. The van der Waals surface area contributed by atoms with Gasteiger partial charge in [-0.1, -0.05) is 30.3 Å². The maximum atomic E-state index is 11.6. The topological polar surface area (TPSA) is 35.5 Å². The van der Waals surface area contributed by atoms with Gasteiger partial charge in [-0.2, -0.15) is 0 Å². The number of carbonyl (C=O) groups excluding carboxylic acids is 1. The minimum absolute atomic E-state index is 0.321. The summed E-state index contributed by atoms with van der Waals surface area (Å²) in [7, 11) is 3.10. The van der Waals surface area contributed by atoms with Gasteiger partial charge in [-0.3, -0.25) is 0 Å². The first-order valence-corrected chi connectivity index (χ1v) is 8.89. The zero-order valence-corrected chi connectivity index (χ0v) is 16.4. The molecule has 0 spiro atoms. The van der Waals surface area contributed by atoms with Crippen molar-refractivity contribution in [3.63, 3.8) is 0 Å². The van der Waals surface area contributed by atoms with E-state index in [1.54, 1.807) is 19.2 Å². The summed E-state index contributed by atoms with van der Waals surface area (Å²) in [6.45, 7) is 6.30. The molecule has 3 rings (SSSR count). The van der Waals surface area contributed by atoms with Crippen LogP contribution < -0.4 is 4.74 Å². The predicted octanol–water partition coefficient (Wildman–Crippen LogP) is 5.81. The van der Waals surface area contributed by atoms with Crippen LogP contribution in [0.25, 0.3) is 22.4 Å². The second kappa shape index (κ2) is 7.67. The highest BCUT2D eigenvalue weighted by Crippen LogP contribution is 2.32. The van der Waals surface area contributed by atoms with Crippen molar-refractivity contribution < 1.29 is 14.3 Å². The lowest BCUT2D eigenvalue weighted by atomic mass is 9.95. The van der Waals surface area contributed by atoms with E-state index >= 15 is 0 Å². The lowest BCUT2D eigenvalue weighted by Crippen LogP contribution is -2.00. The second-order valence-corrected chi connectivity index (χ2v) is 6.72. The molecule has 3 nitrogen and oxygen atoms in total. The molecule has 0 atom stereocenters. The third kappa shape index (κ3) is 3.72. The van der Waals surface area contributed by atoms with Crippen molar-refractivity contribution in [2.45, 2.75) is 20.8 Å². The monoisotopic (exact) mass is 360 g/mol. The van der Waals surface area contributed by atoms with Gasteiger partial charge in [-0.25, -0.2) is 4.79 Å². The van der Waals surface area contributed by atoms with Gasteiger partial charge in [-0.15, -0.1) is 0 Å². The molecule has 0 fully saturated rings. The number of esters is 1. The van der Waals surface area contributed by atoms with Crippen molar-refractivity contribution in [2.75, 3.05) is 14.2 Å². The van der Waals surface area contributed by atoms with E-state index in [-0.39, 0.29) is 5.97 Å². The van der Waals surface area contributed by atoms with Gasteiger partial charge in [-0.05, 0) is 83.6 Å². The Morgan fingerprint density at radius 3 is 2.19 bits per heavy atom. The number of ether oxygens (including phenoxy) is 2. The van der Waals surface area contributed by atoms with Crippen LogP contribution in [0.4, 0.5) is 0 Å². The first-order valence-electron chi connectivity index (χ1n) is 8.89. The Morgan fingerprint density at radius 1 is 0.889 bits per heavy atom. The largest absolute Gasteiger partial charge is 0.496 e. The molecule has 0 bridgehead atoms. The van der Waals surface area contributed by atoms with Gasteiger partial charge < -0.3 is 9.47 Å². The first kappa shape index (κ1) is 18.7. The number of aryl methyl sites for hydroxylation is 2. The molecule has 3 heteroatoms. The molecule has 0 aliphatic heterocycles. The maximum Gasteiger partial charge on any atom is 0.337 e. The Kier molecular flexibility index (Phi) is 5.31. The van der Waals surface area contributed by atoms with E-state index in [1.807, 2.05) is 12.1 Å². The smallest absolute Gasteiger partial charge is 0.337 e. The highest BCUT2D eigenvalue weighted by atomic mass is 16.5. The summed E-state index contributed by atoms with van der Waals surface area (Å²) in [5.74, 6) is 0.601. The summed E-state index contributed by atoms with van der Waals surface area (Å²) in [6, 6.07) is 16.0. The maximum absolute atomic E-state index is 11.6. The Bertz CT molecular complexity index is 1030. The standard InChI is InChI=1S/C24H24O3/c1-15(12-18-6-8-19(9-7-18)24(25)27-5)20-10-11-21-17(3)23(26-4)13-16(2)22(21)14-20/h6-14H,1-5H3/b15-12-. The highest BCUT2D eigenvalue weighted by Gasteiger charge is 2.09. The molecule has 0 saturated heterocycles. The molecule has 0 aromatic heterocycles. The van der Waals surface area contributed by atoms with Gasteiger partial charge in [0.2, 0.25) is 0 Å². The van der Waals surface area contributed by atoms with Gasteiger partial charge in [0.05, 0.1) is 19.8 Å². The molecule has 0 unspecified atom stereocenters. The van der Waals surface area contributed by atoms with E-state index in [1.165, 1.54) is 29.0 Å². The van der Waals surface area contributed by atoms with Crippen LogP contribution in [-0.4, -0.2) is 20.2 Å². The molecule has 0 aliphatic rings. The summed E-state index contributed by atoms with van der Waals surface area (Å²) < 4.78 is 10.2. The van der Waals surface area contributed by atoms with Crippen LogP contribution in [0.15, 0.2) is 48.5 Å². The number of methoxy groups -OCH3 is 2. The predicted molar refractivity (Wildman–Crippen MR) is 111 cm³/mol. The van der Waals surface area contributed by atoms with E-state index in [2.05, 4.69) is 51.1 Å². The molecular formula is C24H24O3. The lowest BCUT2D eigenvalue weighted by molar-refractivity contribution is 0.0600. The molecule has 0 N–H and O–H groups in total. The molecule has 0 amide bonds. The Morgan fingerprint density at radius 2 is 1.56 bits per heavy atom. The summed E-state index contributed by atoms with van der Waals surface area (Å²) in [6.07, 6.45) is 2.12. The zero-order chi connectivity index (χ0) is 19.6. The van der Waals surface area contributed by atoms with Crippen molar-refractivity contribution in [1.29, 1.82) is 0 Å². The summed E-state index contributed by atoms with van der Waals surface area (Å²) in [4.78, 5) is 11.6. The van der Waals surface area contributed by atoms with Crippen molar-refractivity contribution in [3.8, 4) is 5.75 Å². The van der Waals surface area contributed by atoms with Crippen LogP contribution >= 0.6 is 0 Å². The molecule has 0 radical (unpaired) electrons. The van der Waals surface area contributed by atoms with Crippen molar-refractivity contribution in [3.05, 3.63) is 76.3 Å². The van der Waals surface area contributed by atoms with Crippen molar-refractivity contribution in [1.82, 2.24) is 0 Å². The molecule has 0 saturated carbocycles. The van der Waals surface area contributed by atoms with E-state index in [4.69, 9.17) is 9.47 Å². The normalized spacial score (nSPS) is 11.5. The number of rotatable bonds is 4. The highest BCUT2D eigenvalue weighted by molar-refractivity contribution is 5.94. The SMILES string of the molecule is COC(=O)c1ccc(/C=C(/C)c2ccc3c(C)c(OC)cc(C)c3c2)cc1. The first-order chi connectivity index (χ1) is 12.9. The Balaban J connectivity index is 1.98. The fourth-order valence-electron chi connectivity index (χ4n) is 3.34. The van der Waals surface area contributed by atoms with Crippen molar-refractivity contribution in [2.24, 2.45) is 0 Å². The molecule has 27 heavy (non-hydrogen) atoms. The molecule has 0 aliphatic carbocycles. The van der Waals surface area contributed by atoms with Crippen LogP contribution in [0, 0.1) is 13.8 Å². The van der Waals surface area contributed by atoms with Crippen LogP contribution in [0.3, 0.4) is 0 Å². The minimum atomic E-state index is -0.321. The fraction of sp³-hybridized carbons (Fsp3) is 0.208. The van der Waals surface area contributed by atoms with E-state index in [0.29, 0.717) is 5.56 Å². The summed E-state index contributed by atoms with van der Waals surface area (Å²) in [5.41, 5.74) is 6.29. The van der Waals surface area contributed by atoms with E-state index in [9.17, 15) is 4.79 Å². The number of carbonyl (C=O) groups is 1. The summed E-state index contributed by atoms with van der Waals surface area (Å²) >= 11 is 0. The molecule has 3 aromatic carbocycles. The number of hydrogen-bond acceptors (Lipinski definition) is 3. The fourth-order valence-corrected chi connectivity index (χ4v) is 3.34. The average molecular weight is 360 g/mol. The van der Waals surface area contributed by atoms with E-state index < -0.39 is 0 Å². The van der Waals surface area contributed by atoms with Gasteiger partial charge in [0.1, 0.15) is 5.75 Å². The van der Waals surface area contributed by atoms with Gasteiger partial charge in [0.25, 0.3) is 0 Å². The number of benzene rings is 3. The number of fused-ring (bicyclic) bond motifs is 1. The molecule has 3 aromatic rings. The molecule has 138 valence electrons. The van der Waals surface area contributed by atoms with E-state index in [0.717, 1.165) is 22.4 Å². The quantitative estimate of drug-likeness (QED) is 0.435. The zero-order valence-electron chi connectivity index (χ0n) is 16.4. The lowest BCUT2D eigenvalue weighted by Gasteiger charge is -2.13. The summed E-state index contributed by atoms with van der Waals surface area (Å²) in [5, 5.41) is 2.45. The number of hydrogen-bond donors (Lipinski definition) is 0. The molecular weight excluding hydrogens is 336 g/mol. The Labute approximate surface area is 160 Å². The van der Waals surface area contributed by atoms with Crippen LogP contribution in [0.2, 0.25) is 0 Å².